The number of nitrogens with two attached hydrogens (primary N) is 1. The second kappa shape index (κ2) is 10.1. The number of halogens is 7. The quantitative estimate of drug-likeness (QED) is 0.323. The Morgan fingerprint density at radius 1 is 1.02 bits per heavy atom. The number of anilines is 1. The molecular weight excluding hydrogens is 545 g/mol. The predicted octanol–water partition coefficient (Wildman–Crippen LogP) is 5.65. The summed E-state index contributed by atoms with van der Waals surface area (Å²) in [7, 11) is 0. The molecule has 5 rings (SSSR count). The molecule has 0 radical (unpaired) electrons. The summed E-state index contributed by atoms with van der Waals surface area (Å²) in [5.74, 6) is -1.91. The number of carbonyl (C=O) groups is 1. The minimum absolute atomic E-state index is 0.0859. The first-order valence-corrected chi connectivity index (χ1v) is 12.1. The van der Waals surface area contributed by atoms with Gasteiger partial charge in [-0.05, 0) is 55.0 Å². The molecule has 0 unspecified atom stereocenters. The Morgan fingerprint density at radius 2 is 1.75 bits per heavy atom. The van der Waals surface area contributed by atoms with Gasteiger partial charge in [0.15, 0.2) is 11.5 Å². The third-order valence-corrected chi connectivity index (χ3v) is 6.81. The van der Waals surface area contributed by atoms with E-state index in [0.29, 0.717) is 25.3 Å². The van der Waals surface area contributed by atoms with E-state index >= 15 is 0 Å². The summed E-state index contributed by atoms with van der Waals surface area (Å²) in [5, 5.41) is 3.80. The molecule has 0 aliphatic carbocycles. The molecule has 3 aromatic heterocycles. The van der Waals surface area contributed by atoms with Gasteiger partial charge in [0.25, 0.3) is 5.91 Å². The van der Waals surface area contributed by atoms with Crippen molar-refractivity contribution in [2.24, 2.45) is 5.92 Å². The number of piperidine rings is 1. The normalized spacial score (nSPS) is 16.5. The second-order valence-corrected chi connectivity index (χ2v) is 9.55. The lowest BCUT2D eigenvalue weighted by Gasteiger charge is -2.33. The molecule has 4 heterocycles. The molecular formula is C26H21F7N6O. The lowest BCUT2D eigenvalue weighted by molar-refractivity contribution is -0.141. The molecule has 40 heavy (non-hydrogen) atoms. The van der Waals surface area contributed by atoms with Crippen LogP contribution in [0.3, 0.4) is 0 Å². The van der Waals surface area contributed by atoms with Gasteiger partial charge < -0.3 is 10.6 Å². The van der Waals surface area contributed by atoms with Gasteiger partial charge in [0.2, 0.25) is 0 Å². The summed E-state index contributed by atoms with van der Waals surface area (Å²) in [4.78, 5) is 21.8. The zero-order valence-electron chi connectivity index (χ0n) is 20.6. The van der Waals surface area contributed by atoms with Crippen LogP contribution in [0.2, 0.25) is 0 Å². The number of rotatable bonds is 4. The standard InChI is InChI=1S/C26H21F7N6O/c27-17-5-3-14(4-6-17)8-15-2-1-7-38(12-15)24(40)18-9-16(11-35-22(18)26(31,32)33)20-10-19(25(28,29)30)21-23(34)36-13-37-39(20)21/h3-6,9-11,13,15H,1-2,7-8,12H2,(H2,34,36,37)/t15-/m0/s1. The summed E-state index contributed by atoms with van der Waals surface area (Å²) >= 11 is 0. The molecule has 7 nitrogen and oxygen atoms in total. The molecule has 210 valence electrons. The molecule has 1 aliphatic heterocycles. The average molecular weight is 566 g/mol. The Balaban J connectivity index is 1.53. The molecule has 0 saturated carbocycles. The van der Waals surface area contributed by atoms with Crippen molar-refractivity contribution in [3.05, 3.63) is 77.1 Å². The SMILES string of the molecule is Nc1ncnn2c(-c3cnc(C(F)(F)F)c(C(=O)N4CCC[C@@H](Cc5ccc(F)cc5)C4)c3)cc(C(F)(F)F)c12. The first kappa shape index (κ1) is 27.3. The number of pyridine rings is 1. The summed E-state index contributed by atoms with van der Waals surface area (Å²) in [5.41, 5.74) is 2.02. The largest absolute Gasteiger partial charge is 0.434 e. The number of amides is 1. The van der Waals surface area contributed by atoms with Crippen molar-refractivity contribution in [3.63, 3.8) is 0 Å². The number of likely N-dealkylation sites (tertiary alicyclic amines) is 1. The minimum atomic E-state index is -5.00. The molecule has 1 atom stereocenters. The first-order valence-electron chi connectivity index (χ1n) is 12.1. The monoisotopic (exact) mass is 566 g/mol. The van der Waals surface area contributed by atoms with Crippen molar-refractivity contribution in [2.45, 2.75) is 31.6 Å². The number of alkyl halides is 6. The number of nitrogen functional groups attached to an aromatic ring is 1. The topological polar surface area (TPSA) is 89.4 Å². The van der Waals surface area contributed by atoms with E-state index in [-0.39, 0.29) is 30.3 Å². The number of fused-ring (bicyclic) bond motifs is 1. The highest BCUT2D eigenvalue weighted by Gasteiger charge is 2.40. The van der Waals surface area contributed by atoms with Crippen LogP contribution in [0.15, 0.2) is 48.9 Å². The van der Waals surface area contributed by atoms with Gasteiger partial charge in [0.1, 0.15) is 17.7 Å². The van der Waals surface area contributed by atoms with Crippen LogP contribution < -0.4 is 5.73 Å². The van der Waals surface area contributed by atoms with Crippen LogP contribution in [0.4, 0.5) is 36.6 Å². The molecule has 0 bridgehead atoms. The van der Waals surface area contributed by atoms with E-state index in [1.165, 1.54) is 17.0 Å². The van der Waals surface area contributed by atoms with Gasteiger partial charge in [-0.25, -0.2) is 13.9 Å². The maximum Gasteiger partial charge on any atom is 0.434 e. The lowest BCUT2D eigenvalue weighted by Crippen LogP contribution is -2.41. The highest BCUT2D eigenvalue weighted by atomic mass is 19.4. The fraction of sp³-hybridized carbons (Fsp3) is 0.308. The third kappa shape index (κ3) is 5.29. The molecule has 1 fully saturated rings. The number of carbonyl (C=O) groups excluding carboxylic acids is 1. The van der Waals surface area contributed by atoms with Gasteiger partial charge in [-0.15, -0.1) is 0 Å². The summed E-state index contributed by atoms with van der Waals surface area (Å²) in [6.07, 6.45) is -6.49. The highest BCUT2D eigenvalue weighted by molar-refractivity contribution is 5.97. The molecule has 1 saturated heterocycles. The molecule has 1 aliphatic rings. The van der Waals surface area contributed by atoms with Crippen molar-refractivity contribution in [1.82, 2.24) is 24.5 Å². The van der Waals surface area contributed by atoms with E-state index in [1.807, 2.05) is 0 Å². The molecule has 0 spiro atoms. The molecule has 1 amide bonds. The van der Waals surface area contributed by atoms with E-state index in [0.717, 1.165) is 28.7 Å². The molecule has 1 aromatic carbocycles. The molecule has 2 N–H and O–H groups in total. The van der Waals surface area contributed by atoms with Crippen LogP contribution in [-0.4, -0.2) is 43.5 Å². The van der Waals surface area contributed by atoms with Crippen LogP contribution in [0, 0.1) is 11.7 Å². The van der Waals surface area contributed by atoms with Crippen molar-refractivity contribution < 1.29 is 35.5 Å². The van der Waals surface area contributed by atoms with Gasteiger partial charge in [0.05, 0.1) is 16.8 Å². The zero-order chi connectivity index (χ0) is 28.8. The smallest absolute Gasteiger partial charge is 0.382 e. The second-order valence-electron chi connectivity index (χ2n) is 9.55. The molecule has 4 aromatic rings. The van der Waals surface area contributed by atoms with Crippen molar-refractivity contribution in [1.29, 1.82) is 0 Å². The van der Waals surface area contributed by atoms with Crippen LogP contribution in [0.25, 0.3) is 16.8 Å². The number of aromatic nitrogens is 4. The number of benzene rings is 1. The van der Waals surface area contributed by atoms with Crippen molar-refractivity contribution >= 4 is 17.2 Å². The Morgan fingerprint density at radius 3 is 2.42 bits per heavy atom. The summed E-state index contributed by atoms with van der Waals surface area (Å²) in [6.45, 7) is 0.337. The Bertz CT molecular complexity index is 1560. The van der Waals surface area contributed by atoms with Gasteiger partial charge in [0, 0.05) is 24.8 Å². The summed E-state index contributed by atoms with van der Waals surface area (Å²) < 4.78 is 97.0. The van der Waals surface area contributed by atoms with Gasteiger partial charge >= 0.3 is 12.4 Å². The maximum atomic E-state index is 13.9. The maximum absolute atomic E-state index is 13.9. The zero-order valence-corrected chi connectivity index (χ0v) is 20.6. The van der Waals surface area contributed by atoms with Crippen LogP contribution in [0.5, 0.6) is 0 Å². The number of nitrogens with zero attached hydrogens (tertiary/aromatic N) is 5. The van der Waals surface area contributed by atoms with E-state index < -0.39 is 52.2 Å². The number of hydrogen-bond donors (Lipinski definition) is 1. The van der Waals surface area contributed by atoms with Crippen LogP contribution >= 0.6 is 0 Å². The minimum Gasteiger partial charge on any atom is -0.382 e. The summed E-state index contributed by atoms with van der Waals surface area (Å²) in [6, 6.07) is 7.39. The van der Waals surface area contributed by atoms with Gasteiger partial charge in [-0.3, -0.25) is 9.78 Å². The van der Waals surface area contributed by atoms with E-state index in [4.69, 9.17) is 5.73 Å². The van der Waals surface area contributed by atoms with Gasteiger partial charge in [-0.1, -0.05) is 12.1 Å². The predicted molar refractivity (Wildman–Crippen MR) is 129 cm³/mol. The molecule has 14 heteroatoms. The third-order valence-electron chi connectivity index (χ3n) is 6.81. The van der Waals surface area contributed by atoms with Crippen molar-refractivity contribution in [2.75, 3.05) is 18.8 Å². The van der Waals surface area contributed by atoms with Crippen LogP contribution in [0.1, 0.15) is 40.0 Å². The highest BCUT2D eigenvalue weighted by Crippen LogP contribution is 2.40. The van der Waals surface area contributed by atoms with Crippen LogP contribution in [-0.2, 0) is 18.8 Å². The number of hydrogen-bond acceptors (Lipinski definition) is 5. The van der Waals surface area contributed by atoms with Gasteiger partial charge in [-0.2, -0.15) is 31.4 Å². The van der Waals surface area contributed by atoms with Crippen molar-refractivity contribution in [3.8, 4) is 11.3 Å². The lowest BCUT2D eigenvalue weighted by atomic mass is 9.91. The Labute approximate surface area is 222 Å². The van der Waals surface area contributed by atoms with E-state index in [2.05, 4.69) is 15.1 Å². The Kier molecular flexibility index (Phi) is 6.88. The van der Waals surface area contributed by atoms with E-state index in [9.17, 15) is 35.5 Å². The Hall–Kier alpha value is -4.23. The fourth-order valence-electron chi connectivity index (χ4n) is 5.02. The fourth-order valence-corrected chi connectivity index (χ4v) is 5.02. The first-order chi connectivity index (χ1) is 18.8. The van der Waals surface area contributed by atoms with E-state index in [1.54, 1.807) is 12.1 Å². The average Bonchev–Trinajstić information content (AvgIpc) is 3.31.